The SMILES string of the molecule is Nc1cc(Cc2ccc3c(c2)NC(=O)NC3(C#CC2CC2)C(F)(F)F)ccc1S(N)(=O)=O. The van der Waals surface area contributed by atoms with Gasteiger partial charge in [0.1, 0.15) is 4.90 Å². The van der Waals surface area contributed by atoms with Crippen LogP contribution in [0.25, 0.3) is 0 Å². The number of nitrogens with one attached hydrogen (secondary N) is 2. The van der Waals surface area contributed by atoms with Crippen LogP contribution in [0, 0.1) is 17.8 Å². The molecule has 0 bridgehead atoms. The van der Waals surface area contributed by atoms with Crippen molar-refractivity contribution < 1.29 is 26.4 Å². The third kappa shape index (κ3) is 4.11. The predicted octanol–water partition coefficient (Wildman–Crippen LogP) is 2.81. The zero-order chi connectivity index (χ0) is 23.3. The molecule has 2 aromatic carbocycles. The molecule has 1 saturated carbocycles. The largest absolute Gasteiger partial charge is 0.427 e. The van der Waals surface area contributed by atoms with E-state index >= 15 is 0 Å². The van der Waals surface area contributed by atoms with Gasteiger partial charge in [0.05, 0.1) is 5.69 Å². The molecule has 1 aliphatic heterocycles. The Labute approximate surface area is 182 Å². The van der Waals surface area contributed by atoms with E-state index in [4.69, 9.17) is 10.9 Å². The Balaban J connectivity index is 1.71. The van der Waals surface area contributed by atoms with Crippen LogP contribution in [-0.4, -0.2) is 20.6 Å². The van der Waals surface area contributed by atoms with Crippen LogP contribution in [0.3, 0.4) is 0 Å². The molecule has 7 nitrogen and oxygen atoms in total. The summed E-state index contributed by atoms with van der Waals surface area (Å²) >= 11 is 0. The summed E-state index contributed by atoms with van der Waals surface area (Å²) in [6.07, 6.45) is -3.11. The Bertz CT molecular complexity index is 1280. The minimum Gasteiger partial charge on any atom is -0.398 e. The molecule has 0 saturated heterocycles. The summed E-state index contributed by atoms with van der Waals surface area (Å²) in [5.41, 5.74) is 3.95. The maximum absolute atomic E-state index is 14.1. The summed E-state index contributed by atoms with van der Waals surface area (Å²) in [5, 5.41) is 9.49. The maximum atomic E-state index is 14.1. The third-order valence-corrected chi connectivity index (χ3v) is 6.28. The van der Waals surface area contributed by atoms with Gasteiger partial charge >= 0.3 is 12.2 Å². The lowest BCUT2D eigenvalue weighted by atomic mass is 9.85. The Morgan fingerprint density at radius 2 is 1.78 bits per heavy atom. The van der Waals surface area contributed by atoms with Crippen LogP contribution < -0.4 is 21.5 Å². The highest BCUT2D eigenvalue weighted by atomic mass is 32.2. The lowest BCUT2D eigenvalue weighted by molar-refractivity contribution is -0.178. The number of primary sulfonamides is 1. The number of anilines is 2. The first-order chi connectivity index (χ1) is 14.9. The highest BCUT2D eigenvalue weighted by Crippen LogP contribution is 2.44. The number of benzene rings is 2. The number of alkyl halides is 3. The van der Waals surface area contributed by atoms with E-state index < -0.39 is 27.8 Å². The number of hydrogen-bond acceptors (Lipinski definition) is 4. The van der Waals surface area contributed by atoms with Gasteiger partial charge in [-0.2, -0.15) is 13.2 Å². The maximum Gasteiger partial charge on any atom is 0.427 e. The molecule has 0 aromatic heterocycles. The average Bonchev–Trinajstić information content (AvgIpc) is 3.48. The van der Waals surface area contributed by atoms with Crippen LogP contribution in [0.1, 0.15) is 29.5 Å². The number of nitrogen functional groups attached to an aromatic ring is 1. The van der Waals surface area contributed by atoms with Gasteiger partial charge in [-0.1, -0.05) is 30.0 Å². The van der Waals surface area contributed by atoms with Gasteiger partial charge in [0.2, 0.25) is 15.6 Å². The summed E-state index contributed by atoms with van der Waals surface area (Å²) in [4.78, 5) is 11.9. The van der Waals surface area contributed by atoms with E-state index in [2.05, 4.69) is 17.2 Å². The molecule has 1 aliphatic carbocycles. The highest BCUT2D eigenvalue weighted by molar-refractivity contribution is 7.89. The molecule has 32 heavy (non-hydrogen) atoms. The topological polar surface area (TPSA) is 127 Å². The van der Waals surface area contributed by atoms with Gasteiger partial charge in [0, 0.05) is 17.2 Å². The molecule has 6 N–H and O–H groups in total. The van der Waals surface area contributed by atoms with Crippen molar-refractivity contribution in [2.24, 2.45) is 11.1 Å². The molecule has 1 fully saturated rings. The summed E-state index contributed by atoms with van der Waals surface area (Å²) in [6.45, 7) is 0. The molecule has 1 unspecified atom stereocenters. The zero-order valence-electron chi connectivity index (χ0n) is 16.6. The lowest BCUT2D eigenvalue weighted by Gasteiger charge is -2.37. The summed E-state index contributed by atoms with van der Waals surface area (Å²) < 4.78 is 65.4. The Morgan fingerprint density at radius 1 is 1.12 bits per heavy atom. The summed E-state index contributed by atoms with van der Waals surface area (Å²) in [7, 11) is -3.97. The standard InChI is InChI=1S/C21H19F3N4O3S/c22-21(23,24)20(8-7-12-1-2-12)15-5-3-14(11-17(15)27-19(29)28-20)9-13-4-6-18(16(25)10-13)32(26,30)31/h3-6,10-12H,1-2,9,25H2,(H2,26,30,31)(H2,27,28,29). The number of fused-ring (bicyclic) bond motifs is 1. The quantitative estimate of drug-likeness (QED) is 0.411. The van der Waals surface area contributed by atoms with Gasteiger partial charge in [-0.05, 0) is 48.6 Å². The number of amides is 2. The van der Waals surface area contributed by atoms with Crippen molar-refractivity contribution in [2.75, 3.05) is 11.1 Å². The fourth-order valence-corrected chi connectivity index (χ4v) is 4.20. The number of nitrogens with two attached hydrogens (primary N) is 2. The number of hydrogen-bond donors (Lipinski definition) is 4. The number of halogens is 3. The Kier molecular flexibility index (Phi) is 5.10. The number of carbonyl (C=O) groups is 1. The molecule has 11 heteroatoms. The van der Waals surface area contributed by atoms with Crippen LogP contribution in [0.5, 0.6) is 0 Å². The number of urea groups is 1. The Morgan fingerprint density at radius 3 is 2.38 bits per heavy atom. The van der Waals surface area contributed by atoms with Gasteiger partial charge < -0.3 is 16.4 Å². The number of rotatable bonds is 3. The molecule has 2 amide bonds. The van der Waals surface area contributed by atoms with E-state index in [9.17, 15) is 26.4 Å². The predicted molar refractivity (Wildman–Crippen MR) is 112 cm³/mol. The molecular weight excluding hydrogens is 445 g/mol. The second-order valence-corrected chi connectivity index (χ2v) is 9.37. The molecule has 2 aliphatic rings. The van der Waals surface area contributed by atoms with Crippen LogP contribution in [-0.2, 0) is 22.0 Å². The van der Waals surface area contributed by atoms with E-state index in [0.29, 0.717) is 11.1 Å². The van der Waals surface area contributed by atoms with Crippen molar-refractivity contribution in [1.82, 2.24) is 5.32 Å². The second kappa shape index (κ2) is 7.43. The minimum atomic E-state index is -4.83. The molecule has 1 heterocycles. The normalized spacial score (nSPS) is 20.4. The second-order valence-electron chi connectivity index (χ2n) is 7.84. The van der Waals surface area contributed by atoms with Crippen LogP contribution >= 0.6 is 0 Å². The van der Waals surface area contributed by atoms with Gasteiger partial charge in [0.15, 0.2) is 0 Å². The van der Waals surface area contributed by atoms with Gasteiger partial charge in [-0.3, -0.25) is 0 Å². The van der Waals surface area contributed by atoms with Gasteiger partial charge in [0.25, 0.3) is 0 Å². The smallest absolute Gasteiger partial charge is 0.398 e. The first-order valence-corrected chi connectivity index (χ1v) is 11.2. The molecule has 1 atom stereocenters. The molecule has 4 rings (SSSR count). The fourth-order valence-electron chi connectivity index (χ4n) is 3.56. The van der Waals surface area contributed by atoms with Gasteiger partial charge in [-0.25, -0.2) is 18.4 Å². The summed E-state index contributed by atoms with van der Waals surface area (Å²) in [5.74, 6) is 4.83. The van der Waals surface area contributed by atoms with E-state index in [-0.39, 0.29) is 34.2 Å². The lowest BCUT2D eigenvalue weighted by Crippen LogP contribution is -2.59. The van der Waals surface area contributed by atoms with Crippen molar-refractivity contribution in [3.05, 3.63) is 53.1 Å². The molecule has 0 radical (unpaired) electrons. The minimum absolute atomic E-state index is 0.00259. The van der Waals surface area contributed by atoms with Crippen molar-refractivity contribution in [3.8, 4) is 11.8 Å². The van der Waals surface area contributed by atoms with E-state index in [1.165, 1.54) is 36.4 Å². The highest BCUT2D eigenvalue weighted by Gasteiger charge is 2.59. The number of sulfonamides is 1. The van der Waals surface area contributed by atoms with Crippen LogP contribution in [0.15, 0.2) is 41.3 Å². The van der Waals surface area contributed by atoms with E-state index in [1.54, 1.807) is 0 Å². The zero-order valence-corrected chi connectivity index (χ0v) is 17.4. The average molecular weight is 464 g/mol. The molecule has 2 aromatic rings. The van der Waals surface area contributed by atoms with Crippen molar-refractivity contribution in [2.45, 2.75) is 35.9 Å². The molecule has 168 valence electrons. The molecular formula is C21H19F3N4O3S. The van der Waals surface area contributed by atoms with Crippen LogP contribution in [0.4, 0.5) is 29.3 Å². The van der Waals surface area contributed by atoms with E-state index in [1.807, 2.05) is 5.32 Å². The Hall–Kier alpha value is -3.23. The van der Waals surface area contributed by atoms with Crippen LogP contribution in [0.2, 0.25) is 0 Å². The van der Waals surface area contributed by atoms with Crippen molar-refractivity contribution >= 4 is 27.4 Å². The fraction of sp³-hybridized carbons (Fsp3) is 0.286. The third-order valence-electron chi connectivity index (χ3n) is 5.29. The first kappa shape index (κ1) is 22.0. The molecule has 0 spiro atoms. The van der Waals surface area contributed by atoms with Crippen molar-refractivity contribution in [1.29, 1.82) is 0 Å². The van der Waals surface area contributed by atoms with E-state index in [0.717, 1.165) is 12.8 Å². The number of carbonyl (C=O) groups excluding carboxylic acids is 1. The monoisotopic (exact) mass is 464 g/mol. The summed E-state index contributed by atoms with van der Waals surface area (Å²) in [6, 6.07) is 7.44. The van der Waals surface area contributed by atoms with Crippen molar-refractivity contribution in [3.63, 3.8) is 0 Å². The first-order valence-electron chi connectivity index (χ1n) is 9.62. The van der Waals surface area contributed by atoms with Gasteiger partial charge in [-0.15, -0.1) is 0 Å².